The number of benzene rings is 2. The van der Waals surface area contributed by atoms with E-state index < -0.39 is 23.5 Å². The lowest BCUT2D eigenvalue weighted by Crippen LogP contribution is -2.22. The van der Waals surface area contributed by atoms with Gasteiger partial charge in [0.1, 0.15) is 17.5 Å². The first kappa shape index (κ1) is 14.9. The average molecular weight is 300 g/mol. The SMILES string of the molecule is CNC(Cc1cccc(Cl)c1F)c1c(F)cccc1F. The predicted molar refractivity (Wildman–Crippen MR) is 73.3 cm³/mol. The maximum atomic E-state index is 13.9. The zero-order valence-corrected chi connectivity index (χ0v) is 11.5. The molecule has 0 aliphatic rings. The highest BCUT2D eigenvalue weighted by Gasteiger charge is 2.20. The third kappa shape index (κ3) is 2.97. The van der Waals surface area contributed by atoms with E-state index in [0.29, 0.717) is 5.56 Å². The first-order valence-electron chi connectivity index (χ1n) is 6.08. The van der Waals surface area contributed by atoms with Crippen LogP contribution in [0.25, 0.3) is 0 Å². The summed E-state index contributed by atoms with van der Waals surface area (Å²) < 4.78 is 41.4. The summed E-state index contributed by atoms with van der Waals surface area (Å²) in [5, 5.41) is 2.80. The summed E-state index contributed by atoms with van der Waals surface area (Å²) >= 11 is 5.71. The number of hydrogen-bond acceptors (Lipinski definition) is 1. The molecule has 2 aromatic rings. The maximum Gasteiger partial charge on any atom is 0.145 e. The van der Waals surface area contributed by atoms with Gasteiger partial charge in [0.25, 0.3) is 0 Å². The van der Waals surface area contributed by atoms with Gasteiger partial charge in [0.05, 0.1) is 5.02 Å². The monoisotopic (exact) mass is 299 g/mol. The molecule has 2 aromatic carbocycles. The van der Waals surface area contributed by atoms with Crippen LogP contribution in [0.3, 0.4) is 0 Å². The number of nitrogens with one attached hydrogen (secondary N) is 1. The third-order valence-corrected chi connectivity index (χ3v) is 3.44. The summed E-state index contributed by atoms with van der Waals surface area (Å²) in [6.45, 7) is 0. The Labute approximate surface area is 120 Å². The van der Waals surface area contributed by atoms with Crippen LogP contribution < -0.4 is 5.32 Å². The summed E-state index contributed by atoms with van der Waals surface area (Å²) in [6, 6.07) is 7.55. The lowest BCUT2D eigenvalue weighted by Gasteiger charge is -2.18. The molecule has 0 aromatic heterocycles. The molecule has 0 saturated carbocycles. The van der Waals surface area contributed by atoms with E-state index in [2.05, 4.69) is 5.32 Å². The molecule has 0 heterocycles. The first-order chi connectivity index (χ1) is 9.54. The molecular weight excluding hydrogens is 287 g/mol. The quantitative estimate of drug-likeness (QED) is 0.889. The van der Waals surface area contributed by atoms with E-state index in [4.69, 9.17) is 11.6 Å². The van der Waals surface area contributed by atoms with Gasteiger partial charge in [0.15, 0.2) is 0 Å². The Bertz CT molecular complexity index is 596. The van der Waals surface area contributed by atoms with Crippen LogP contribution in [0.1, 0.15) is 17.2 Å². The molecule has 1 atom stereocenters. The molecule has 0 saturated heterocycles. The summed E-state index contributed by atoms with van der Waals surface area (Å²) in [7, 11) is 1.57. The lowest BCUT2D eigenvalue weighted by atomic mass is 9.97. The summed E-state index contributed by atoms with van der Waals surface area (Å²) in [5.41, 5.74) is 0.203. The molecule has 106 valence electrons. The molecule has 1 N–H and O–H groups in total. The summed E-state index contributed by atoms with van der Waals surface area (Å²) in [5.74, 6) is -1.88. The Morgan fingerprint density at radius 2 is 1.65 bits per heavy atom. The molecule has 20 heavy (non-hydrogen) atoms. The minimum atomic E-state index is -0.677. The highest BCUT2D eigenvalue weighted by atomic mass is 35.5. The Morgan fingerprint density at radius 3 is 2.25 bits per heavy atom. The molecular formula is C15H13ClF3N. The van der Waals surface area contributed by atoms with Crippen molar-refractivity contribution >= 4 is 11.6 Å². The van der Waals surface area contributed by atoms with E-state index in [9.17, 15) is 13.2 Å². The average Bonchev–Trinajstić information content (AvgIpc) is 2.42. The minimum Gasteiger partial charge on any atom is -0.313 e. The Morgan fingerprint density at radius 1 is 1.05 bits per heavy atom. The van der Waals surface area contributed by atoms with Crippen molar-refractivity contribution in [1.29, 1.82) is 0 Å². The second kappa shape index (κ2) is 6.29. The third-order valence-electron chi connectivity index (χ3n) is 3.15. The van der Waals surface area contributed by atoms with Crippen molar-refractivity contribution in [2.75, 3.05) is 7.05 Å². The van der Waals surface area contributed by atoms with Gasteiger partial charge in [-0.05, 0) is 37.2 Å². The van der Waals surface area contributed by atoms with Gasteiger partial charge in [-0.15, -0.1) is 0 Å². The van der Waals surface area contributed by atoms with Gasteiger partial charge in [0, 0.05) is 11.6 Å². The molecule has 0 fully saturated rings. The Kier molecular flexibility index (Phi) is 4.68. The van der Waals surface area contributed by atoms with Crippen molar-refractivity contribution in [3.63, 3.8) is 0 Å². The van der Waals surface area contributed by atoms with Crippen molar-refractivity contribution < 1.29 is 13.2 Å². The van der Waals surface area contributed by atoms with E-state index >= 15 is 0 Å². The fourth-order valence-corrected chi connectivity index (χ4v) is 2.31. The molecule has 2 rings (SSSR count). The van der Waals surface area contributed by atoms with Gasteiger partial charge in [-0.3, -0.25) is 0 Å². The standard InChI is InChI=1S/C15H13ClF3N/c1-20-13(14-11(17)6-3-7-12(14)18)8-9-4-2-5-10(16)15(9)19/h2-7,13,20H,8H2,1H3. The summed E-state index contributed by atoms with van der Waals surface area (Å²) in [6.07, 6.45) is 0.0980. The zero-order valence-electron chi connectivity index (χ0n) is 10.8. The van der Waals surface area contributed by atoms with Crippen LogP contribution in [0.15, 0.2) is 36.4 Å². The molecule has 1 nitrogen and oxygen atoms in total. The van der Waals surface area contributed by atoms with Crippen LogP contribution in [-0.4, -0.2) is 7.05 Å². The minimum absolute atomic E-state index is 0.00800. The number of likely N-dealkylation sites (N-methyl/N-ethyl adjacent to an activating group) is 1. The topological polar surface area (TPSA) is 12.0 Å². The van der Waals surface area contributed by atoms with Crippen LogP contribution in [0, 0.1) is 17.5 Å². The van der Waals surface area contributed by atoms with E-state index in [0.717, 1.165) is 0 Å². The first-order valence-corrected chi connectivity index (χ1v) is 6.46. The Hall–Kier alpha value is -1.52. The summed E-state index contributed by atoms with van der Waals surface area (Å²) in [4.78, 5) is 0. The van der Waals surface area contributed by atoms with E-state index in [1.54, 1.807) is 19.2 Å². The fraction of sp³-hybridized carbons (Fsp3) is 0.200. The van der Waals surface area contributed by atoms with Gasteiger partial charge < -0.3 is 5.32 Å². The van der Waals surface area contributed by atoms with Gasteiger partial charge in [-0.2, -0.15) is 0 Å². The van der Waals surface area contributed by atoms with Crippen LogP contribution in [0.4, 0.5) is 13.2 Å². The Balaban J connectivity index is 2.37. The number of rotatable bonds is 4. The van der Waals surface area contributed by atoms with E-state index in [1.165, 1.54) is 24.3 Å². The second-order valence-electron chi connectivity index (χ2n) is 4.39. The van der Waals surface area contributed by atoms with Crippen molar-refractivity contribution in [3.8, 4) is 0 Å². The molecule has 0 aliphatic heterocycles. The molecule has 0 spiro atoms. The fourth-order valence-electron chi connectivity index (χ4n) is 2.12. The van der Waals surface area contributed by atoms with Crippen molar-refractivity contribution in [2.45, 2.75) is 12.5 Å². The van der Waals surface area contributed by atoms with Gasteiger partial charge in [0.2, 0.25) is 0 Å². The smallest absolute Gasteiger partial charge is 0.145 e. The van der Waals surface area contributed by atoms with Crippen LogP contribution in [-0.2, 0) is 6.42 Å². The van der Waals surface area contributed by atoms with E-state index in [1.807, 2.05) is 0 Å². The lowest BCUT2D eigenvalue weighted by molar-refractivity contribution is 0.482. The molecule has 0 radical (unpaired) electrons. The van der Waals surface area contributed by atoms with Gasteiger partial charge in [-0.25, -0.2) is 13.2 Å². The van der Waals surface area contributed by atoms with Crippen molar-refractivity contribution in [1.82, 2.24) is 5.32 Å². The molecule has 0 bridgehead atoms. The highest BCUT2D eigenvalue weighted by Crippen LogP contribution is 2.26. The van der Waals surface area contributed by atoms with Crippen LogP contribution in [0.2, 0.25) is 5.02 Å². The van der Waals surface area contributed by atoms with E-state index in [-0.39, 0.29) is 17.0 Å². The number of hydrogen-bond donors (Lipinski definition) is 1. The predicted octanol–water partition coefficient (Wildman–Crippen LogP) is 4.26. The highest BCUT2D eigenvalue weighted by molar-refractivity contribution is 6.30. The maximum absolute atomic E-state index is 13.9. The normalized spacial score (nSPS) is 12.4. The molecule has 5 heteroatoms. The molecule has 0 aliphatic carbocycles. The number of halogens is 4. The van der Waals surface area contributed by atoms with Crippen molar-refractivity contribution in [2.24, 2.45) is 0 Å². The van der Waals surface area contributed by atoms with Crippen LogP contribution in [0.5, 0.6) is 0 Å². The largest absolute Gasteiger partial charge is 0.313 e. The van der Waals surface area contributed by atoms with Crippen LogP contribution >= 0.6 is 11.6 Å². The molecule has 0 amide bonds. The molecule has 1 unspecified atom stereocenters. The van der Waals surface area contributed by atoms with Gasteiger partial charge in [-0.1, -0.05) is 29.8 Å². The van der Waals surface area contributed by atoms with Gasteiger partial charge >= 0.3 is 0 Å². The second-order valence-corrected chi connectivity index (χ2v) is 4.80. The zero-order chi connectivity index (χ0) is 14.7. The van der Waals surface area contributed by atoms with Crippen molar-refractivity contribution in [3.05, 3.63) is 70.0 Å².